The molecular formula is C13H17N3O. The first-order chi connectivity index (χ1) is 8.22. The Hall–Kier alpha value is -1.84. The molecule has 90 valence electrons. The fraction of sp³-hybridized carbons (Fsp3) is 0.385. The number of rotatable bonds is 3. The summed E-state index contributed by atoms with van der Waals surface area (Å²) in [6.07, 6.45) is 0.749. The largest absolute Gasteiger partial charge is 0.493 e. The summed E-state index contributed by atoms with van der Waals surface area (Å²) in [6, 6.07) is 7.90. The lowest BCUT2D eigenvalue weighted by Gasteiger charge is -2.19. The van der Waals surface area contributed by atoms with E-state index in [2.05, 4.69) is 17.1 Å². The zero-order chi connectivity index (χ0) is 12.3. The molecule has 0 bridgehead atoms. The lowest BCUT2D eigenvalue weighted by atomic mass is 9.94. The minimum Gasteiger partial charge on any atom is -0.493 e. The van der Waals surface area contributed by atoms with Crippen LogP contribution in [0.3, 0.4) is 0 Å². The second-order valence-electron chi connectivity index (χ2n) is 4.11. The molecule has 0 saturated heterocycles. The molecule has 1 unspecified atom stereocenters. The highest BCUT2D eigenvalue weighted by molar-refractivity contribution is 6.07. The van der Waals surface area contributed by atoms with Crippen molar-refractivity contribution in [1.82, 2.24) is 0 Å². The number of nitrogens with two attached hydrogens (primary N) is 1. The van der Waals surface area contributed by atoms with Crippen LogP contribution < -0.4 is 10.5 Å². The predicted molar refractivity (Wildman–Crippen MR) is 69.6 cm³/mol. The molecule has 4 heteroatoms. The molecule has 0 fully saturated rings. The summed E-state index contributed by atoms with van der Waals surface area (Å²) in [5, 5.41) is 8.17. The number of hydrogen-bond acceptors (Lipinski definition) is 4. The Morgan fingerprint density at radius 2 is 2.12 bits per heavy atom. The van der Waals surface area contributed by atoms with Crippen LogP contribution in [0, 0.1) is 5.92 Å². The first-order valence-corrected chi connectivity index (χ1v) is 5.84. The van der Waals surface area contributed by atoms with Crippen LogP contribution in [0.2, 0.25) is 0 Å². The molecule has 2 N–H and O–H groups in total. The number of ether oxygens (including phenoxy) is 1. The Morgan fingerprint density at radius 1 is 1.35 bits per heavy atom. The van der Waals surface area contributed by atoms with Crippen molar-refractivity contribution >= 4 is 11.5 Å². The summed E-state index contributed by atoms with van der Waals surface area (Å²) >= 11 is 0. The van der Waals surface area contributed by atoms with Gasteiger partial charge < -0.3 is 10.5 Å². The number of amidine groups is 1. The van der Waals surface area contributed by atoms with Crippen LogP contribution in [-0.4, -0.2) is 18.2 Å². The topological polar surface area (TPSA) is 60.0 Å². The van der Waals surface area contributed by atoms with Gasteiger partial charge in [0.25, 0.3) is 0 Å². The average Bonchev–Trinajstić information content (AvgIpc) is 2.31. The molecule has 1 aliphatic heterocycles. The van der Waals surface area contributed by atoms with Crippen LogP contribution in [-0.2, 0) is 0 Å². The van der Waals surface area contributed by atoms with Crippen molar-refractivity contribution in [2.45, 2.75) is 20.3 Å². The van der Waals surface area contributed by atoms with Crippen LogP contribution in [0.25, 0.3) is 0 Å². The average molecular weight is 231 g/mol. The standard InChI is InChI=1S/C13H17N3O/c1-3-17-11-7-5-4-6-10(11)13-9(2)8-12(14)15-16-13/h4-7,9H,3,8H2,1-2H3,(H2,14,15). The molecule has 2 rings (SSSR count). The summed E-state index contributed by atoms with van der Waals surface area (Å²) in [7, 11) is 0. The van der Waals surface area contributed by atoms with Crippen molar-refractivity contribution in [2.75, 3.05) is 6.61 Å². The van der Waals surface area contributed by atoms with E-state index in [1.54, 1.807) is 0 Å². The molecule has 0 aromatic heterocycles. The van der Waals surface area contributed by atoms with Crippen molar-refractivity contribution in [3.8, 4) is 5.75 Å². The van der Waals surface area contributed by atoms with Crippen LogP contribution >= 0.6 is 0 Å². The van der Waals surface area contributed by atoms with E-state index in [1.807, 2.05) is 31.2 Å². The van der Waals surface area contributed by atoms with Crippen molar-refractivity contribution in [3.05, 3.63) is 29.8 Å². The summed E-state index contributed by atoms with van der Waals surface area (Å²) in [5.41, 5.74) is 7.63. The third-order valence-electron chi connectivity index (χ3n) is 2.73. The van der Waals surface area contributed by atoms with Gasteiger partial charge in [0.1, 0.15) is 11.6 Å². The van der Waals surface area contributed by atoms with Crippen molar-refractivity contribution in [1.29, 1.82) is 0 Å². The molecule has 1 aromatic carbocycles. The molecule has 0 spiro atoms. The number of nitrogens with zero attached hydrogens (tertiary/aromatic N) is 2. The normalized spacial score (nSPS) is 19.5. The maximum atomic E-state index is 5.67. The fourth-order valence-corrected chi connectivity index (χ4v) is 1.95. The van der Waals surface area contributed by atoms with Gasteiger partial charge in [0.05, 0.1) is 12.3 Å². The molecule has 1 aliphatic rings. The number of hydrogen-bond donors (Lipinski definition) is 1. The summed E-state index contributed by atoms with van der Waals surface area (Å²) in [4.78, 5) is 0. The molecule has 1 heterocycles. The van der Waals surface area contributed by atoms with Gasteiger partial charge in [0, 0.05) is 17.9 Å². The summed E-state index contributed by atoms with van der Waals surface area (Å²) in [5.74, 6) is 1.72. The Kier molecular flexibility index (Phi) is 3.42. The Bertz CT molecular complexity index is 465. The molecule has 0 saturated carbocycles. The van der Waals surface area contributed by atoms with Crippen LogP contribution in [0.15, 0.2) is 34.5 Å². The minimum absolute atomic E-state index is 0.272. The molecular weight excluding hydrogens is 214 g/mol. The molecule has 1 aromatic rings. The van der Waals surface area contributed by atoms with Gasteiger partial charge in [-0.2, -0.15) is 5.10 Å². The second kappa shape index (κ2) is 4.99. The molecule has 4 nitrogen and oxygen atoms in total. The zero-order valence-electron chi connectivity index (χ0n) is 10.2. The van der Waals surface area contributed by atoms with Crippen molar-refractivity contribution in [2.24, 2.45) is 21.9 Å². The van der Waals surface area contributed by atoms with E-state index >= 15 is 0 Å². The van der Waals surface area contributed by atoms with Gasteiger partial charge in [-0.05, 0) is 19.1 Å². The Labute approximate surface area is 101 Å². The maximum absolute atomic E-state index is 5.67. The third kappa shape index (κ3) is 2.46. The predicted octanol–water partition coefficient (Wildman–Crippen LogP) is 2.19. The summed E-state index contributed by atoms with van der Waals surface area (Å²) < 4.78 is 5.60. The quantitative estimate of drug-likeness (QED) is 0.866. The van der Waals surface area contributed by atoms with E-state index < -0.39 is 0 Å². The van der Waals surface area contributed by atoms with Crippen molar-refractivity contribution in [3.63, 3.8) is 0 Å². The number of para-hydroxylation sites is 1. The lowest BCUT2D eigenvalue weighted by molar-refractivity contribution is 0.339. The zero-order valence-corrected chi connectivity index (χ0v) is 10.2. The highest BCUT2D eigenvalue weighted by Crippen LogP contribution is 2.25. The molecule has 0 radical (unpaired) electrons. The van der Waals surface area contributed by atoms with E-state index in [0.29, 0.717) is 12.4 Å². The van der Waals surface area contributed by atoms with Crippen molar-refractivity contribution < 1.29 is 4.74 Å². The van der Waals surface area contributed by atoms with E-state index in [9.17, 15) is 0 Å². The Balaban J connectivity index is 2.39. The summed E-state index contributed by atoms with van der Waals surface area (Å²) in [6.45, 7) is 4.71. The maximum Gasteiger partial charge on any atom is 0.128 e. The highest BCUT2D eigenvalue weighted by Gasteiger charge is 2.21. The van der Waals surface area contributed by atoms with E-state index in [0.717, 1.165) is 23.4 Å². The van der Waals surface area contributed by atoms with Gasteiger partial charge in [-0.3, -0.25) is 0 Å². The third-order valence-corrected chi connectivity index (χ3v) is 2.73. The molecule has 1 atom stereocenters. The van der Waals surface area contributed by atoms with E-state index in [4.69, 9.17) is 10.5 Å². The lowest BCUT2D eigenvalue weighted by Crippen LogP contribution is -2.25. The monoisotopic (exact) mass is 231 g/mol. The first kappa shape index (κ1) is 11.6. The van der Waals surface area contributed by atoms with Gasteiger partial charge >= 0.3 is 0 Å². The molecule has 0 aliphatic carbocycles. The number of benzene rings is 1. The molecule has 0 amide bonds. The van der Waals surface area contributed by atoms with E-state index in [1.165, 1.54) is 0 Å². The van der Waals surface area contributed by atoms with E-state index in [-0.39, 0.29) is 5.92 Å². The molecule has 17 heavy (non-hydrogen) atoms. The highest BCUT2D eigenvalue weighted by atomic mass is 16.5. The van der Waals surface area contributed by atoms with Gasteiger partial charge in [0.15, 0.2) is 0 Å². The fourth-order valence-electron chi connectivity index (χ4n) is 1.95. The van der Waals surface area contributed by atoms with Crippen LogP contribution in [0.1, 0.15) is 25.8 Å². The smallest absolute Gasteiger partial charge is 0.128 e. The van der Waals surface area contributed by atoms with Gasteiger partial charge in [0.2, 0.25) is 0 Å². The van der Waals surface area contributed by atoms with Crippen LogP contribution in [0.4, 0.5) is 0 Å². The van der Waals surface area contributed by atoms with Gasteiger partial charge in [-0.1, -0.05) is 19.1 Å². The second-order valence-corrected chi connectivity index (χ2v) is 4.11. The first-order valence-electron chi connectivity index (χ1n) is 5.84. The van der Waals surface area contributed by atoms with Gasteiger partial charge in [-0.15, -0.1) is 5.10 Å². The Morgan fingerprint density at radius 3 is 2.82 bits per heavy atom. The SMILES string of the molecule is CCOc1ccccc1C1=NN=C(N)CC1C. The van der Waals surface area contributed by atoms with Crippen LogP contribution in [0.5, 0.6) is 5.75 Å². The van der Waals surface area contributed by atoms with Gasteiger partial charge in [-0.25, -0.2) is 0 Å². The minimum atomic E-state index is 0.272.